The summed E-state index contributed by atoms with van der Waals surface area (Å²) in [4.78, 5) is 52.3. The van der Waals surface area contributed by atoms with Gasteiger partial charge in [0.05, 0.1) is 5.56 Å². The number of rotatable bonds is 8. The molecule has 0 amide bonds. The lowest BCUT2D eigenvalue weighted by Gasteiger charge is -2.06. The molecule has 32 heavy (non-hydrogen) atoms. The van der Waals surface area contributed by atoms with Gasteiger partial charge in [0.1, 0.15) is 5.69 Å². The Bertz CT molecular complexity index is 1050. The molecule has 0 aliphatic rings. The van der Waals surface area contributed by atoms with Crippen LogP contribution in [0.25, 0.3) is 0 Å². The summed E-state index contributed by atoms with van der Waals surface area (Å²) in [7, 11) is 0. The van der Waals surface area contributed by atoms with E-state index in [1.54, 1.807) is 48.5 Å². The molecule has 3 rings (SSSR count). The number of ketones is 2. The number of aromatic nitrogens is 1. The molecule has 0 atom stereocenters. The summed E-state index contributed by atoms with van der Waals surface area (Å²) in [6.07, 6.45) is 1.14. The van der Waals surface area contributed by atoms with E-state index in [1.807, 2.05) is 0 Å². The second-order valence-electron chi connectivity index (χ2n) is 6.44. The first-order chi connectivity index (χ1) is 15.3. The minimum absolute atomic E-state index is 0.0658. The summed E-state index contributed by atoms with van der Waals surface area (Å²) < 4.78 is 11.6. The molecule has 1 heterocycles. The maximum atomic E-state index is 12.1. The topological polar surface area (TPSA) is 99.6 Å². The Kier molecular flexibility index (Phi) is 8.02. The van der Waals surface area contributed by atoms with Crippen molar-refractivity contribution in [1.29, 1.82) is 0 Å². The number of Topliss-reactive ketones (excluding diaryl/α,β-unsaturated/α-hetero) is 2. The summed E-state index contributed by atoms with van der Waals surface area (Å²) in [5.74, 6) is -2.27. The second-order valence-corrected chi connectivity index (χ2v) is 8.28. The molecule has 7 nitrogen and oxygen atoms in total. The third-order valence-corrected chi connectivity index (χ3v) is 5.27. The molecule has 0 bridgehead atoms. The Balaban J connectivity index is 1.51. The number of pyridine rings is 1. The lowest BCUT2D eigenvalue weighted by molar-refractivity contribution is 0.0462. The van der Waals surface area contributed by atoms with Crippen molar-refractivity contribution in [2.45, 2.75) is 0 Å². The SMILES string of the molecule is O=C(COC(=O)c1ccc(C(=O)OCC(=O)c2ccc(Br)cc2)nc1)c1ccc(Br)cc1. The molecule has 0 saturated heterocycles. The number of hydrogen-bond donors (Lipinski definition) is 0. The molecule has 3 aromatic rings. The monoisotopic (exact) mass is 559 g/mol. The van der Waals surface area contributed by atoms with Gasteiger partial charge in [-0.2, -0.15) is 0 Å². The molecule has 2 aromatic carbocycles. The lowest BCUT2D eigenvalue weighted by atomic mass is 10.1. The van der Waals surface area contributed by atoms with Crippen molar-refractivity contribution in [1.82, 2.24) is 4.98 Å². The predicted octanol–water partition coefficient (Wildman–Crippen LogP) is 4.69. The van der Waals surface area contributed by atoms with Gasteiger partial charge in [0.15, 0.2) is 24.8 Å². The van der Waals surface area contributed by atoms with Crippen LogP contribution in [-0.2, 0) is 9.47 Å². The first kappa shape index (κ1) is 23.5. The molecule has 0 unspecified atom stereocenters. The van der Waals surface area contributed by atoms with E-state index in [0.29, 0.717) is 11.1 Å². The summed E-state index contributed by atoms with van der Waals surface area (Å²) in [5, 5.41) is 0. The number of benzene rings is 2. The summed E-state index contributed by atoms with van der Waals surface area (Å²) in [6, 6.07) is 15.9. The van der Waals surface area contributed by atoms with E-state index in [0.717, 1.165) is 15.1 Å². The zero-order valence-electron chi connectivity index (χ0n) is 16.4. The average molecular weight is 561 g/mol. The van der Waals surface area contributed by atoms with Gasteiger partial charge in [0.2, 0.25) is 0 Å². The molecule has 162 valence electrons. The highest BCUT2D eigenvalue weighted by atomic mass is 79.9. The van der Waals surface area contributed by atoms with Crippen LogP contribution in [-0.4, -0.2) is 41.7 Å². The molecule has 0 aliphatic heterocycles. The molecular formula is C23H15Br2NO6. The number of esters is 2. The fourth-order valence-electron chi connectivity index (χ4n) is 2.49. The van der Waals surface area contributed by atoms with Crippen LogP contribution >= 0.6 is 31.9 Å². The molecule has 0 spiro atoms. The summed E-state index contributed by atoms with van der Waals surface area (Å²) in [5.41, 5.74) is 0.812. The third-order valence-electron chi connectivity index (χ3n) is 4.21. The van der Waals surface area contributed by atoms with Gasteiger partial charge in [-0.1, -0.05) is 56.1 Å². The maximum absolute atomic E-state index is 12.1. The van der Waals surface area contributed by atoms with E-state index >= 15 is 0 Å². The van der Waals surface area contributed by atoms with Crippen LogP contribution in [0.4, 0.5) is 0 Å². The lowest BCUT2D eigenvalue weighted by Crippen LogP contribution is -2.16. The van der Waals surface area contributed by atoms with Crippen LogP contribution < -0.4 is 0 Å². The molecule has 0 saturated carbocycles. The van der Waals surface area contributed by atoms with Crippen molar-refractivity contribution in [2.75, 3.05) is 13.2 Å². The number of hydrogen-bond acceptors (Lipinski definition) is 7. The van der Waals surface area contributed by atoms with Gasteiger partial charge in [-0.3, -0.25) is 9.59 Å². The Morgan fingerprint density at radius 3 is 1.50 bits per heavy atom. The van der Waals surface area contributed by atoms with Gasteiger partial charge in [-0.05, 0) is 36.4 Å². The summed E-state index contributed by atoms with van der Waals surface area (Å²) in [6.45, 7) is -0.869. The molecule has 9 heteroatoms. The van der Waals surface area contributed by atoms with E-state index in [4.69, 9.17) is 9.47 Å². The van der Waals surface area contributed by atoms with Gasteiger partial charge >= 0.3 is 11.9 Å². The maximum Gasteiger partial charge on any atom is 0.357 e. The van der Waals surface area contributed by atoms with Gasteiger partial charge in [-0.25, -0.2) is 14.6 Å². The smallest absolute Gasteiger partial charge is 0.357 e. The predicted molar refractivity (Wildman–Crippen MR) is 122 cm³/mol. The van der Waals surface area contributed by atoms with Crippen molar-refractivity contribution in [3.63, 3.8) is 0 Å². The summed E-state index contributed by atoms with van der Waals surface area (Å²) >= 11 is 6.56. The first-order valence-corrected chi connectivity index (χ1v) is 10.8. The Morgan fingerprint density at radius 2 is 1.06 bits per heavy atom. The van der Waals surface area contributed by atoms with E-state index < -0.39 is 25.2 Å². The Morgan fingerprint density at radius 1 is 0.625 bits per heavy atom. The van der Waals surface area contributed by atoms with E-state index in [1.165, 1.54) is 12.1 Å². The van der Waals surface area contributed by atoms with Crippen LogP contribution in [0.3, 0.4) is 0 Å². The second kappa shape index (κ2) is 10.9. The van der Waals surface area contributed by atoms with Gasteiger partial charge < -0.3 is 9.47 Å². The first-order valence-electron chi connectivity index (χ1n) is 9.21. The minimum Gasteiger partial charge on any atom is -0.454 e. The zero-order valence-corrected chi connectivity index (χ0v) is 19.6. The number of ether oxygens (including phenoxy) is 2. The average Bonchev–Trinajstić information content (AvgIpc) is 2.81. The van der Waals surface area contributed by atoms with Crippen LogP contribution in [0.2, 0.25) is 0 Å². The Labute approximate surface area is 200 Å². The molecule has 0 fully saturated rings. The highest BCUT2D eigenvalue weighted by molar-refractivity contribution is 9.10. The van der Waals surface area contributed by atoms with E-state index in [-0.39, 0.29) is 22.8 Å². The van der Waals surface area contributed by atoms with Gasteiger partial charge in [0, 0.05) is 26.3 Å². The molecule has 0 aliphatic carbocycles. The van der Waals surface area contributed by atoms with Crippen molar-refractivity contribution < 1.29 is 28.7 Å². The van der Waals surface area contributed by atoms with E-state index in [2.05, 4.69) is 36.8 Å². The third kappa shape index (κ3) is 6.41. The molecule has 0 N–H and O–H groups in total. The largest absolute Gasteiger partial charge is 0.454 e. The van der Waals surface area contributed by atoms with Crippen molar-refractivity contribution in [3.05, 3.63) is 98.2 Å². The van der Waals surface area contributed by atoms with Crippen LogP contribution in [0.1, 0.15) is 41.6 Å². The number of halogens is 2. The number of carbonyl (C=O) groups is 4. The molecule has 0 radical (unpaired) electrons. The fraction of sp³-hybridized carbons (Fsp3) is 0.0870. The highest BCUT2D eigenvalue weighted by Crippen LogP contribution is 2.13. The number of carbonyl (C=O) groups excluding carboxylic acids is 4. The van der Waals surface area contributed by atoms with Crippen LogP contribution in [0.5, 0.6) is 0 Å². The van der Waals surface area contributed by atoms with Crippen molar-refractivity contribution in [2.24, 2.45) is 0 Å². The molecule has 1 aromatic heterocycles. The Hall–Kier alpha value is -3.17. The van der Waals surface area contributed by atoms with E-state index in [9.17, 15) is 19.2 Å². The van der Waals surface area contributed by atoms with Crippen molar-refractivity contribution >= 4 is 55.4 Å². The van der Waals surface area contributed by atoms with Crippen LogP contribution in [0, 0.1) is 0 Å². The number of nitrogens with zero attached hydrogens (tertiary/aromatic N) is 1. The standard InChI is InChI=1S/C23H15Br2NO6/c24-17-6-1-14(2-7-17)20(27)12-31-22(29)16-5-10-19(26-11-16)23(30)32-13-21(28)15-3-8-18(25)9-4-15/h1-11H,12-13H2. The minimum atomic E-state index is -0.805. The molecular weight excluding hydrogens is 546 g/mol. The zero-order chi connectivity index (χ0) is 23.1. The van der Waals surface area contributed by atoms with Crippen LogP contribution in [0.15, 0.2) is 75.8 Å². The quantitative estimate of drug-likeness (QED) is 0.291. The van der Waals surface area contributed by atoms with Gasteiger partial charge in [0.25, 0.3) is 0 Å². The highest BCUT2D eigenvalue weighted by Gasteiger charge is 2.16. The fourth-order valence-corrected chi connectivity index (χ4v) is 3.02. The van der Waals surface area contributed by atoms with Crippen molar-refractivity contribution in [3.8, 4) is 0 Å². The normalized spacial score (nSPS) is 10.3. The van der Waals surface area contributed by atoms with Gasteiger partial charge in [-0.15, -0.1) is 0 Å².